The summed E-state index contributed by atoms with van der Waals surface area (Å²) in [6.07, 6.45) is 1.51. The summed E-state index contributed by atoms with van der Waals surface area (Å²) in [7, 11) is -4.16. The molecular weight excluding hydrogens is 420 g/mol. The van der Waals surface area contributed by atoms with Gasteiger partial charge in [0, 0.05) is 11.9 Å². The Balaban J connectivity index is 1.72. The van der Waals surface area contributed by atoms with Crippen LogP contribution in [0.1, 0.15) is 15.9 Å². The van der Waals surface area contributed by atoms with Crippen molar-refractivity contribution in [2.45, 2.75) is 11.8 Å². The van der Waals surface area contributed by atoms with Crippen LogP contribution in [0.25, 0.3) is 0 Å². The summed E-state index contributed by atoms with van der Waals surface area (Å²) in [4.78, 5) is 28.6. The molecule has 3 rings (SSSR count). The van der Waals surface area contributed by atoms with Crippen LogP contribution in [0.15, 0.2) is 71.8 Å². The number of nitrogens with zero attached hydrogens (tertiary/aromatic N) is 1. The fraction of sp³-hybridized carbons (Fsp3) is 0.0952. The molecule has 0 aliphatic rings. The highest BCUT2D eigenvalue weighted by molar-refractivity contribution is 7.89. The lowest BCUT2D eigenvalue weighted by molar-refractivity contribution is -0.115. The number of benzene rings is 2. The summed E-state index contributed by atoms with van der Waals surface area (Å²) in [5.74, 6) is -0.896. The van der Waals surface area contributed by atoms with Crippen LogP contribution in [0.5, 0.6) is 5.75 Å². The molecule has 2 amide bonds. The molecule has 160 valence electrons. The number of aromatic nitrogens is 1. The Labute approximate surface area is 179 Å². The van der Waals surface area contributed by atoms with Crippen LogP contribution in [-0.2, 0) is 14.8 Å². The SMILES string of the molecule is Cc1cccnc1NC(=O)c1ccccc1S(=O)(=O)NCC(=O)Nc1ccc(O)cc1. The maximum absolute atomic E-state index is 12.8. The van der Waals surface area contributed by atoms with E-state index < -0.39 is 28.4 Å². The summed E-state index contributed by atoms with van der Waals surface area (Å²) in [5, 5.41) is 14.4. The lowest BCUT2D eigenvalue weighted by Crippen LogP contribution is -2.34. The molecule has 0 fully saturated rings. The van der Waals surface area contributed by atoms with Crippen molar-refractivity contribution in [3.8, 4) is 5.75 Å². The summed E-state index contributed by atoms with van der Waals surface area (Å²) in [5.41, 5.74) is 1.03. The molecule has 0 spiro atoms. The number of sulfonamides is 1. The van der Waals surface area contributed by atoms with Crippen molar-refractivity contribution in [1.82, 2.24) is 9.71 Å². The van der Waals surface area contributed by atoms with Gasteiger partial charge in [-0.25, -0.2) is 18.1 Å². The molecule has 0 saturated carbocycles. The quantitative estimate of drug-likeness (QED) is 0.416. The number of nitrogens with one attached hydrogen (secondary N) is 3. The monoisotopic (exact) mass is 440 g/mol. The summed E-state index contributed by atoms with van der Waals surface area (Å²) in [6, 6.07) is 14.9. The third-order valence-electron chi connectivity index (χ3n) is 4.24. The average molecular weight is 440 g/mol. The van der Waals surface area contributed by atoms with E-state index >= 15 is 0 Å². The molecule has 0 aliphatic heterocycles. The largest absolute Gasteiger partial charge is 0.508 e. The van der Waals surface area contributed by atoms with Gasteiger partial charge in [-0.1, -0.05) is 18.2 Å². The van der Waals surface area contributed by atoms with E-state index in [0.717, 1.165) is 5.56 Å². The van der Waals surface area contributed by atoms with E-state index in [0.29, 0.717) is 11.5 Å². The molecule has 3 aromatic rings. The zero-order valence-electron chi connectivity index (χ0n) is 16.5. The van der Waals surface area contributed by atoms with Gasteiger partial charge < -0.3 is 15.7 Å². The van der Waals surface area contributed by atoms with Gasteiger partial charge in [-0.2, -0.15) is 0 Å². The summed E-state index contributed by atoms with van der Waals surface area (Å²) in [6.45, 7) is 1.22. The third-order valence-corrected chi connectivity index (χ3v) is 5.70. The molecule has 9 nitrogen and oxygen atoms in total. The van der Waals surface area contributed by atoms with E-state index in [-0.39, 0.29) is 16.2 Å². The van der Waals surface area contributed by atoms with Crippen molar-refractivity contribution in [2.75, 3.05) is 17.2 Å². The molecular formula is C21H20N4O5S. The predicted octanol–water partition coefficient (Wildman–Crippen LogP) is 2.26. The first-order chi connectivity index (χ1) is 14.8. The Morgan fingerprint density at radius 1 is 0.968 bits per heavy atom. The molecule has 10 heteroatoms. The molecule has 0 aliphatic carbocycles. The number of rotatable bonds is 7. The van der Waals surface area contributed by atoms with Gasteiger partial charge in [-0.15, -0.1) is 0 Å². The number of aromatic hydroxyl groups is 1. The predicted molar refractivity (Wildman–Crippen MR) is 115 cm³/mol. The number of aryl methyl sites for hydroxylation is 1. The first-order valence-electron chi connectivity index (χ1n) is 9.17. The van der Waals surface area contributed by atoms with E-state index in [1.54, 1.807) is 19.1 Å². The fourth-order valence-corrected chi connectivity index (χ4v) is 3.85. The Morgan fingerprint density at radius 3 is 2.39 bits per heavy atom. The molecule has 31 heavy (non-hydrogen) atoms. The van der Waals surface area contributed by atoms with Gasteiger partial charge in [0.2, 0.25) is 15.9 Å². The van der Waals surface area contributed by atoms with Crippen molar-refractivity contribution in [1.29, 1.82) is 0 Å². The minimum absolute atomic E-state index is 0.0366. The van der Waals surface area contributed by atoms with Gasteiger partial charge in [-0.05, 0) is 55.0 Å². The number of anilines is 2. The number of carbonyl (C=O) groups is 2. The Morgan fingerprint density at radius 2 is 1.68 bits per heavy atom. The minimum atomic E-state index is -4.16. The standard InChI is InChI=1S/C21H20N4O5S/c1-14-5-4-12-22-20(14)25-21(28)17-6-2-3-7-18(17)31(29,30)23-13-19(27)24-15-8-10-16(26)11-9-15/h2-12,23,26H,13H2,1H3,(H,24,27)(H,22,25,28). The van der Waals surface area contributed by atoms with Crippen molar-refractivity contribution >= 4 is 33.3 Å². The molecule has 4 N–H and O–H groups in total. The summed E-state index contributed by atoms with van der Waals surface area (Å²) >= 11 is 0. The van der Waals surface area contributed by atoms with Crippen LogP contribution in [0.2, 0.25) is 0 Å². The average Bonchev–Trinajstić information content (AvgIpc) is 2.75. The van der Waals surface area contributed by atoms with E-state index in [1.807, 2.05) is 0 Å². The second-order valence-corrected chi connectivity index (χ2v) is 8.27. The number of amides is 2. The minimum Gasteiger partial charge on any atom is -0.508 e. The molecule has 0 bridgehead atoms. The lowest BCUT2D eigenvalue weighted by atomic mass is 10.2. The molecule has 0 saturated heterocycles. The first kappa shape index (κ1) is 21.9. The van der Waals surface area contributed by atoms with Crippen molar-refractivity contribution in [3.05, 3.63) is 78.0 Å². The molecule has 1 aromatic heterocycles. The highest BCUT2D eigenvalue weighted by atomic mass is 32.2. The Bertz CT molecular complexity index is 1210. The Kier molecular flexibility index (Phi) is 6.63. The third kappa shape index (κ3) is 5.65. The lowest BCUT2D eigenvalue weighted by Gasteiger charge is -2.12. The van der Waals surface area contributed by atoms with Gasteiger partial charge in [0.05, 0.1) is 17.0 Å². The van der Waals surface area contributed by atoms with Crippen LogP contribution >= 0.6 is 0 Å². The van der Waals surface area contributed by atoms with Crippen LogP contribution < -0.4 is 15.4 Å². The second kappa shape index (κ2) is 9.37. The van der Waals surface area contributed by atoms with Crippen molar-refractivity contribution < 1.29 is 23.1 Å². The maximum Gasteiger partial charge on any atom is 0.258 e. The summed E-state index contributed by atoms with van der Waals surface area (Å²) < 4.78 is 27.7. The van der Waals surface area contributed by atoms with Crippen molar-refractivity contribution in [2.24, 2.45) is 0 Å². The second-order valence-electron chi connectivity index (χ2n) is 6.54. The van der Waals surface area contributed by atoms with Gasteiger partial charge in [0.25, 0.3) is 5.91 Å². The van der Waals surface area contributed by atoms with E-state index in [1.165, 1.54) is 54.7 Å². The molecule has 0 radical (unpaired) electrons. The molecule has 1 heterocycles. The number of pyridine rings is 1. The molecule has 0 unspecified atom stereocenters. The van der Waals surface area contributed by atoms with E-state index in [4.69, 9.17) is 0 Å². The van der Waals surface area contributed by atoms with Crippen LogP contribution in [0.3, 0.4) is 0 Å². The highest BCUT2D eigenvalue weighted by Gasteiger charge is 2.23. The normalized spacial score (nSPS) is 11.0. The maximum atomic E-state index is 12.8. The van der Waals surface area contributed by atoms with Gasteiger partial charge in [0.1, 0.15) is 11.6 Å². The molecule has 0 atom stereocenters. The number of hydrogen-bond donors (Lipinski definition) is 4. The highest BCUT2D eigenvalue weighted by Crippen LogP contribution is 2.18. The first-order valence-corrected chi connectivity index (χ1v) is 10.6. The van der Waals surface area contributed by atoms with Gasteiger partial charge >= 0.3 is 0 Å². The van der Waals surface area contributed by atoms with Crippen LogP contribution in [-0.4, -0.2) is 36.9 Å². The fourth-order valence-electron chi connectivity index (χ4n) is 2.67. The number of phenolic OH excluding ortho intramolecular Hbond substituents is 1. The topological polar surface area (TPSA) is 137 Å². The number of hydrogen-bond acceptors (Lipinski definition) is 6. The number of phenols is 1. The number of carbonyl (C=O) groups excluding carboxylic acids is 2. The smallest absolute Gasteiger partial charge is 0.258 e. The van der Waals surface area contributed by atoms with Crippen LogP contribution in [0.4, 0.5) is 11.5 Å². The Hall–Kier alpha value is -3.76. The molecule has 2 aromatic carbocycles. The zero-order chi connectivity index (χ0) is 22.4. The van der Waals surface area contributed by atoms with Gasteiger partial charge in [-0.3, -0.25) is 9.59 Å². The van der Waals surface area contributed by atoms with Crippen molar-refractivity contribution in [3.63, 3.8) is 0 Å². The van der Waals surface area contributed by atoms with E-state index in [9.17, 15) is 23.1 Å². The van der Waals surface area contributed by atoms with E-state index in [2.05, 4.69) is 20.3 Å². The van der Waals surface area contributed by atoms with Gasteiger partial charge in [0.15, 0.2) is 0 Å². The zero-order valence-corrected chi connectivity index (χ0v) is 17.3. The van der Waals surface area contributed by atoms with Crippen LogP contribution in [0, 0.1) is 6.92 Å².